The van der Waals surface area contributed by atoms with E-state index in [0.29, 0.717) is 25.9 Å². The Balaban J connectivity index is 3.38. The lowest BCUT2D eigenvalue weighted by molar-refractivity contribution is -0.143. The Bertz CT molecular complexity index is 1200. The van der Waals surface area contributed by atoms with Crippen LogP contribution in [-0.2, 0) is 14.3 Å². The van der Waals surface area contributed by atoms with Crippen LogP contribution in [0.25, 0.3) is 0 Å². The third kappa shape index (κ3) is 59.3. The highest BCUT2D eigenvalue weighted by atomic mass is 16.5. The van der Waals surface area contributed by atoms with Crippen LogP contribution in [0.5, 0.6) is 0 Å². The number of hydrogen-bond acceptors (Lipinski definition) is 5. The largest absolute Gasteiger partial charge is 0.466 e. The molecule has 0 aromatic rings. The number of nitrogens with one attached hydrogen (secondary N) is 1. The van der Waals surface area contributed by atoms with Gasteiger partial charge in [-0.15, -0.1) is 0 Å². The van der Waals surface area contributed by atoms with E-state index in [0.717, 1.165) is 51.4 Å². The van der Waals surface area contributed by atoms with Crippen LogP contribution >= 0.6 is 0 Å². The van der Waals surface area contributed by atoms with E-state index >= 15 is 0 Å². The number of carbonyl (C=O) groups is 2. The van der Waals surface area contributed by atoms with Crippen LogP contribution in [-0.4, -0.2) is 47.4 Å². The Morgan fingerprint density at radius 2 is 0.676 bits per heavy atom. The number of ether oxygens (including phenoxy) is 1. The molecule has 0 aliphatic heterocycles. The molecule has 74 heavy (non-hydrogen) atoms. The highest BCUT2D eigenvalue weighted by Gasteiger charge is 2.20. The summed E-state index contributed by atoms with van der Waals surface area (Å²) in [4.78, 5) is 24.5. The van der Waals surface area contributed by atoms with Gasteiger partial charge in [-0.05, 0) is 83.5 Å². The van der Waals surface area contributed by atoms with Gasteiger partial charge in [0.15, 0.2) is 0 Å². The molecule has 6 nitrogen and oxygen atoms in total. The molecule has 0 aromatic heterocycles. The minimum absolute atomic E-state index is 0.00884. The first-order chi connectivity index (χ1) is 36.5. The first-order valence-electron chi connectivity index (χ1n) is 33.2. The summed E-state index contributed by atoms with van der Waals surface area (Å²) in [5.41, 5.74) is 0. The fourth-order valence-corrected chi connectivity index (χ4v) is 10.3. The van der Waals surface area contributed by atoms with Crippen LogP contribution < -0.4 is 5.32 Å². The van der Waals surface area contributed by atoms with E-state index in [4.69, 9.17) is 4.74 Å². The van der Waals surface area contributed by atoms with Crippen molar-refractivity contribution in [2.45, 2.75) is 373 Å². The van der Waals surface area contributed by atoms with Crippen molar-refractivity contribution in [3.05, 3.63) is 36.5 Å². The molecule has 1 amide bonds. The molecule has 0 rings (SSSR count). The zero-order chi connectivity index (χ0) is 53.6. The number of amides is 1. The minimum Gasteiger partial charge on any atom is -0.466 e. The first kappa shape index (κ1) is 72.1. The molecule has 436 valence electrons. The lowest BCUT2D eigenvalue weighted by Gasteiger charge is -2.22. The Labute approximate surface area is 462 Å². The number of esters is 1. The van der Waals surface area contributed by atoms with Crippen molar-refractivity contribution in [1.82, 2.24) is 5.32 Å². The summed E-state index contributed by atoms with van der Waals surface area (Å²) >= 11 is 0. The SMILES string of the molecule is CCCCCCCC/C=C\CCCCCCCCCC(=O)OCCCCCCCCCCC/C=C\C/C=C\CCCCCCCCCCCCCCCC(=O)NC(CO)C(O)CCCCCCCCCCCCC. The van der Waals surface area contributed by atoms with Gasteiger partial charge in [0.05, 0.1) is 25.4 Å². The fourth-order valence-electron chi connectivity index (χ4n) is 10.3. The van der Waals surface area contributed by atoms with Crippen molar-refractivity contribution >= 4 is 11.9 Å². The lowest BCUT2D eigenvalue weighted by Crippen LogP contribution is -2.45. The molecule has 0 fully saturated rings. The summed E-state index contributed by atoms with van der Waals surface area (Å²) in [6.45, 7) is 4.95. The van der Waals surface area contributed by atoms with Crippen LogP contribution in [0, 0.1) is 0 Å². The number of rotatable bonds is 62. The molecule has 0 aliphatic carbocycles. The highest BCUT2D eigenvalue weighted by molar-refractivity contribution is 5.76. The van der Waals surface area contributed by atoms with Gasteiger partial charge in [-0.1, -0.05) is 301 Å². The van der Waals surface area contributed by atoms with E-state index < -0.39 is 12.1 Å². The normalized spacial score (nSPS) is 12.8. The number of aliphatic hydroxyl groups is 2. The molecule has 0 aliphatic rings. The number of unbranched alkanes of at least 4 members (excludes halogenated alkanes) is 45. The third-order valence-corrected chi connectivity index (χ3v) is 15.4. The van der Waals surface area contributed by atoms with Crippen molar-refractivity contribution in [1.29, 1.82) is 0 Å². The second kappa shape index (κ2) is 63.6. The number of carbonyl (C=O) groups excluding carboxylic acids is 2. The van der Waals surface area contributed by atoms with Gasteiger partial charge >= 0.3 is 5.97 Å². The summed E-state index contributed by atoms with van der Waals surface area (Å²) in [6.07, 6.45) is 80.4. The maximum atomic E-state index is 12.5. The van der Waals surface area contributed by atoms with E-state index in [2.05, 4.69) is 55.6 Å². The second-order valence-electron chi connectivity index (χ2n) is 22.8. The summed E-state index contributed by atoms with van der Waals surface area (Å²) in [7, 11) is 0. The van der Waals surface area contributed by atoms with Gasteiger partial charge in [0.1, 0.15) is 0 Å². The predicted molar refractivity (Wildman–Crippen MR) is 324 cm³/mol. The van der Waals surface area contributed by atoms with Gasteiger partial charge in [0.2, 0.25) is 5.91 Å². The van der Waals surface area contributed by atoms with Crippen LogP contribution in [0.3, 0.4) is 0 Å². The van der Waals surface area contributed by atoms with E-state index in [1.165, 1.54) is 276 Å². The molecule has 0 saturated carbocycles. The molecule has 0 heterocycles. The molecular weight excluding hydrogens is 911 g/mol. The summed E-state index contributed by atoms with van der Waals surface area (Å²) in [6, 6.07) is -0.541. The maximum Gasteiger partial charge on any atom is 0.305 e. The van der Waals surface area contributed by atoms with Gasteiger partial charge in [0, 0.05) is 12.8 Å². The molecule has 3 N–H and O–H groups in total. The van der Waals surface area contributed by atoms with Crippen LogP contribution in [0.1, 0.15) is 361 Å². The Morgan fingerprint density at radius 1 is 0.378 bits per heavy atom. The molecule has 6 heteroatoms. The molecule has 2 unspecified atom stereocenters. The summed E-state index contributed by atoms with van der Waals surface area (Å²) < 4.78 is 5.49. The zero-order valence-corrected chi connectivity index (χ0v) is 49.8. The van der Waals surface area contributed by atoms with Crippen molar-refractivity contribution in [2.75, 3.05) is 13.2 Å². The summed E-state index contributed by atoms with van der Waals surface area (Å²) in [5, 5.41) is 23.2. The molecule has 0 aromatic carbocycles. The fraction of sp³-hybridized carbons (Fsp3) is 0.882. The van der Waals surface area contributed by atoms with E-state index in [-0.39, 0.29) is 18.5 Å². The monoisotopic (exact) mass is 1040 g/mol. The van der Waals surface area contributed by atoms with Gasteiger partial charge in [0.25, 0.3) is 0 Å². The highest BCUT2D eigenvalue weighted by Crippen LogP contribution is 2.18. The average molecular weight is 1040 g/mol. The number of hydrogen-bond donors (Lipinski definition) is 3. The molecule has 0 radical (unpaired) electrons. The smallest absolute Gasteiger partial charge is 0.305 e. The predicted octanol–water partition coefficient (Wildman–Crippen LogP) is 21.1. The number of allylic oxidation sites excluding steroid dienone is 6. The van der Waals surface area contributed by atoms with Crippen molar-refractivity contribution < 1.29 is 24.5 Å². The number of aliphatic hydroxyl groups excluding tert-OH is 2. The van der Waals surface area contributed by atoms with Crippen molar-refractivity contribution in [2.24, 2.45) is 0 Å². The second-order valence-corrected chi connectivity index (χ2v) is 22.8. The van der Waals surface area contributed by atoms with Crippen LogP contribution in [0.15, 0.2) is 36.5 Å². The van der Waals surface area contributed by atoms with Crippen LogP contribution in [0.4, 0.5) is 0 Å². The van der Waals surface area contributed by atoms with Gasteiger partial charge < -0.3 is 20.3 Å². The van der Waals surface area contributed by atoms with Crippen LogP contribution in [0.2, 0.25) is 0 Å². The van der Waals surface area contributed by atoms with E-state index in [1.54, 1.807) is 0 Å². The molecule has 0 bridgehead atoms. The van der Waals surface area contributed by atoms with Crippen molar-refractivity contribution in [3.63, 3.8) is 0 Å². The van der Waals surface area contributed by atoms with Gasteiger partial charge in [-0.25, -0.2) is 0 Å². The van der Waals surface area contributed by atoms with E-state index in [9.17, 15) is 19.8 Å². The molecule has 2 atom stereocenters. The first-order valence-corrected chi connectivity index (χ1v) is 33.2. The van der Waals surface area contributed by atoms with Crippen molar-refractivity contribution in [3.8, 4) is 0 Å². The quantitative estimate of drug-likeness (QED) is 0.0320. The maximum absolute atomic E-state index is 12.5. The Kier molecular flexibility index (Phi) is 62.0. The topological polar surface area (TPSA) is 95.9 Å². The minimum atomic E-state index is -0.664. The van der Waals surface area contributed by atoms with Gasteiger partial charge in [-0.2, -0.15) is 0 Å². The third-order valence-electron chi connectivity index (χ3n) is 15.4. The zero-order valence-electron chi connectivity index (χ0n) is 49.8. The Morgan fingerprint density at radius 3 is 1.04 bits per heavy atom. The van der Waals surface area contributed by atoms with Gasteiger partial charge in [-0.3, -0.25) is 9.59 Å². The van der Waals surface area contributed by atoms with E-state index in [1.807, 2.05) is 0 Å². The lowest BCUT2D eigenvalue weighted by atomic mass is 10.0. The average Bonchev–Trinajstić information content (AvgIpc) is 3.40. The molecule has 0 saturated heterocycles. The molecule has 0 spiro atoms. The standard InChI is InChI=1S/C68H129NO5/c1-3-5-7-9-11-13-15-16-17-31-35-38-42-46-50-54-58-62-68(73)74-63-59-55-51-47-43-39-36-33-30-28-26-24-22-20-18-19-21-23-25-27-29-32-34-37-41-45-49-53-57-61-67(72)69-65(64-70)66(71)60-56-52-48-44-40-14-12-10-8-6-4-2/h16-18,20,24,26,65-66,70-71H,3-15,19,21-23,25,27-64H2,1-2H3,(H,69,72)/b17-16-,20-18-,26-24-. The summed E-state index contributed by atoms with van der Waals surface area (Å²) in [5.74, 6) is -0.0272. The Hall–Kier alpha value is -1.92. The molecular formula is C68H129NO5.